The van der Waals surface area contributed by atoms with Gasteiger partial charge in [-0.15, -0.1) is 11.3 Å². The predicted molar refractivity (Wildman–Crippen MR) is 91.3 cm³/mol. The maximum Gasteiger partial charge on any atom is 0.0327 e. The van der Waals surface area contributed by atoms with Crippen LogP contribution in [0.1, 0.15) is 57.7 Å². The van der Waals surface area contributed by atoms with Gasteiger partial charge in [-0.3, -0.25) is 4.90 Å². The summed E-state index contributed by atoms with van der Waals surface area (Å²) in [4.78, 5) is 5.36. The number of hydrogen-bond acceptors (Lipinski definition) is 3. The molecule has 1 unspecified atom stereocenters. The molecule has 0 saturated carbocycles. The number of thiophene rings is 1. The molecular formula is C17H32N2S. The predicted octanol–water partition coefficient (Wildman–Crippen LogP) is 4.50. The summed E-state index contributed by atoms with van der Waals surface area (Å²) in [6.45, 7) is 15.6. The molecule has 1 aromatic rings. The molecule has 0 aliphatic heterocycles. The standard InChI is InChI=1S/C17H32N2S/c1-13(2)10-14(3)19(7)12-16-9-8-15(20-16)11-18-17(4,5)6/h8-9,13-14,18H,10-12H2,1-7H3. The molecule has 1 heterocycles. The number of hydrogen-bond donors (Lipinski definition) is 1. The lowest BCUT2D eigenvalue weighted by molar-refractivity contribution is 0.222. The highest BCUT2D eigenvalue weighted by atomic mass is 32.1. The zero-order valence-electron chi connectivity index (χ0n) is 14.3. The molecule has 1 aromatic heterocycles. The van der Waals surface area contributed by atoms with Gasteiger partial charge in [0.15, 0.2) is 0 Å². The Hall–Kier alpha value is -0.380. The van der Waals surface area contributed by atoms with Crippen LogP contribution in [-0.4, -0.2) is 23.5 Å². The van der Waals surface area contributed by atoms with E-state index in [9.17, 15) is 0 Å². The van der Waals surface area contributed by atoms with Crippen molar-refractivity contribution in [1.29, 1.82) is 0 Å². The maximum absolute atomic E-state index is 3.55. The van der Waals surface area contributed by atoms with Crippen molar-refractivity contribution in [3.8, 4) is 0 Å². The summed E-state index contributed by atoms with van der Waals surface area (Å²) in [6, 6.07) is 5.19. The maximum atomic E-state index is 3.55. The molecule has 116 valence electrons. The molecule has 1 atom stereocenters. The smallest absolute Gasteiger partial charge is 0.0327 e. The third kappa shape index (κ3) is 6.87. The molecule has 0 aliphatic carbocycles. The van der Waals surface area contributed by atoms with E-state index in [1.807, 2.05) is 11.3 Å². The highest BCUT2D eigenvalue weighted by Gasteiger charge is 2.13. The zero-order chi connectivity index (χ0) is 15.3. The molecule has 0 saturated heterocycles. The van der Waals surface area contributed by atoms with E-state index in [0.717, 1.165) is 19.0 Å². The summed E-state index contributed by atoms with van der Waals surface area (Å²) in [7, 11) is 2.24. The molecule has 20 heavy (non-hydrogen) atoms. The van der Waals surface area contributed by atoms with E-state index in [4.69, 9.17) is 0 Å². The van der Waals surface area contributed by atoms with Crippen molar-refractivity contribution in [3.05, 3.63) is 21.9 Å². The molecule has 0 radical (unpaired) electrons. The minimum absolute atomic E-state index is 0.187. The Kier molecular flexibility index (Phi) is 6.70. The van der Waals surface area contributed by atoms with Crippen LogP contribution in [0.4, 0.5) is 0 Å². The van der Waals surface area contributed by atoms with E-state index >= 15 is 0 Å². The number of rotatable bonds is 7. The Morgan fingerprint density at radius 1 is 1.15 bits per heavy atom. The minimum Gasteiger partial charge on any atom is -0.307 e. The summed E-state index contributed by atoms with van der Waals surface area (Å²) in [5, 5.41) is 3.55. The molecule has 1 N–H and O–H groups in total. The van der Waals surface area contributed by atoms with Crippen molar-refractivity contribution in [2.45, 2.75) is 72.6 Å². The lowest BCUT2D eigenvalue weighted by atomic mass is 10.0. The van der Waals surface area contributed by atoms with Crippen LogP contribution in [0.3, 0.4) is 0 Å². The van der Waals surface area contributed by atoms with E-state index < -0.39 is 0 Å². The van der Waals surface area contributed by atoms with Crippen LogP contribution in [0, 0.1) is 5.92 Å². The van der Waals surface area contributed by atoms with Gasteiger partial charge in [0.05, 0.1) is 0 Å². The van der Waals surface area contributed by atoms with Crippen LogP contribution >= 0.6 is 11.3 Å². The van der Waals surface area contributed by atoms with Crippen LogP contribution in [0.2, 0.25) is 0 Å². The van der Waals surface area contributed by atoms with Crippen LogP contribution in [0.25, 0.3) is 0 Å². The molecule has 0 amide bonds. The number of nitrogens with zero attached hydrogens (tertiary/aromatic N) is 1. The van der Waals surface area contributed by atoms with E-state index in [0.29, 0.717) is 6.04 Å². The van der Waals surface area contributed by atoms with Crippen molar-refractivity contribution in [1.82, 2.24) is 10.2 Å². The number of nitrogens with one attached hydrogen (secondary N) is 1. The topological polar surface area (TPSA) is 15.3 Å². The summed E-state index contributed by atoms with van der Waals surface area (Å²) in [6.07, 6.45) is 1.26. The Morgan fingerprint density at radius 3 is 2.30 bits per heavy atom. The first-order valence-corrected chi connectivity index (χ1v) is 8.52. The monoisotopic (exact) mass is 296 g/mol. The molecule has 0 bridgehead atoms. The fourth-order valence-corrected chi connectivity index (χ4v) is 3.24. The summed E-state index contributed by atoms with van der Waals surface area (Å²) >= 11 is 1.93. The average molecular weight is 297 g/mol. The molecule has 2 nitrogen and oxygen atoms in total. The molecular weight excluding hydrogens is 264 g/mol. The normalized spacial score (nSPS) is 14.2. The van der Waals surface area contributed by atoms with Crippen molar-refractivity contribution in [2.24, 2.45) is 5.92 Å². The fourth-order valence-electron chi connectivity index (χ4n) is 2.22. The van der Waals surface area contributed by atoms with Gasteiger partial charge in [0.1, 0.15) is 0 Å². The second-order valence-electron chi connectivity index (χ2n) is 7.37. The first-order chi connectivity index (χ1) is 9.17. The molecule has 0 fully saturated rings. The Bertz CT molecular complexity index is 390. The van der Waals surface area contributed by atoms with Crippen LogP contribution < -0.4 is 5.32 Å². The van der Waals surface area contributed by atoms with Gasteiger partial charge >= 0.3 is 0 Å². The van der Waals surface area contributed by atoms with Gasteiger partial charge in [-0.05, 0) is 59.2 Å². The van der Waals surface area contributed by atoms with Gasteiger partial charge in [0.2, 0.25) is 0 Å². The molecule has 0 aliphatic rings. The SMILES string of the molecule is CC(C)CC(C)N(C)Cc1ccc(CNC(C)(C)C)s1. The van der Waals surface area contributed by atoms with Gasteiger partial charge in [-0.2, -0.15) is 0 Å². The van der Waals surface area contributed by atoms with Gasteiger partial charge in [-0.25, -0.2) is 0 Å². The Balaban J connectivity index is 2.47. The molecule has 0 aromatic carbocycles. The van der Waals surface area contributed by atoms with Gasteiger partial charge in [0.25, 0.3) is 0 Å². The van der Waals surface area contributed by atoms with E-state index in [1.165, 1.54) is 16.2 Å². The second kappa shape index (κ2) is 7.58. The Labute approximate surface area is 129 Å². The largest absolute Gasteiger partial charge is 0.307 e. The van der Waals surface area contributed by atoms with Crippen LogP contribution in [0.5, 0.6) is 0 Å². The zero-order valence-corrected chi connectivity index (χ0v) is 15.1. The summed E-state index contributed by atoms with van der Waals surface area (Å²) in [5.41, 5.74) is 0.187. The minimum atomic E-state index is 0.187. The van der Waals surface area contributed by atoms with Crippen LogP contribution in [-0.2, 0) is 13.1 Å². The average Bonchev–Trinajstić information content (AvgIpc) is 2.72. The third-order valence-electron chi connectivity index (χ3n) is 3.48. The van der Waals surface area contributed by atoms with Gasteiger partial charge < -0.3 is 5.32 Å². The van der Waals surface area contributed by atoms with Crippen molar-refractivity contribution < 1.29 is 0 Å². The quantitative estimate of drug-likeness (QED) is 0.797. The van der Waals surface area contributed by atoms with Crippen molar-refractivity contribution in [3.63, 3.8) is 0 Å². The summed E-state index contributed by atoms with van der Waals surface area (Å²) < 4.78 is 0. The first kappa shape index (κ1) is 17.7. The Morgan fingerprint density at radius 2 is 1.75 bits per heavy atom. The van der Waals surface area contributed by atoms with E-state index in [-0.39, 0.29) is 5.54 Å². The highest BCUT2D eigenvalue weighted by Crippen LogP contribution is 2.20. The fraction of sp³-hybridized carbons (Fsp3) is 0.765. The van der Waals surface area contributed by atoms with E-state index in [2.05, 4.69) is 70.9 Å². The van der Waals surface area contributed by atoms with E-state index in [1.54, 1.807) is 0 Å². The van der Waals surface area contributed by atoms with Crippen LogP contribution in [0.15, 0.2) is 12.1 Å². The lowest BCUT2D eigenvalue weighted by Gasteiger charge is -2.25. The van der Waals surface area contributed by atoms with Crippen molar-refractivity contribution in [2.75, 3.05) is 7.05 Å². The second-order valence-corrected chi connectivity index (χ2v) is 8.62. The highest BCUT2D eigenvalue weighted by molar-refractivity contribution is 7.11. The van der Waals surface area contributed by atoms with Crippen molar-refractivity contribution >= 4 is 11.3 Å². The first-order valence-electron chi connectivity index (χ1n) is 7.70. The van der Waals surface area contributed by atoms with Gasteiger partial charge in [-0.1, -0.05) is 13.8 Å². The third-order valence-corrected chi connectivity index (χ3v) is 4.55. The molecule has 1 rings (SSSR count). The summed E-state index contributed by atoms with van der Waals surface area (Å²) in [5.74, 6) is 0.766. The lowest BCUT2D eigenvalue weighted by Crippen LogP contribution is -2.34. The molecule has 0 spiro atoms. The van der Waals surface area contributed by atoms with Gasteiger partial charge in [0, 0.05) is 34.4 Å². The molecule has 3 heteroatoms.